The number of hydrogen-bond donors (Lipinski definition) is 2. The fourth-order valence-corrected chi connectivity index (χ4v) is 8.63. The summed E-state index contributed by atoms with van der Waals surface area (Å²) < 4.78 is 0. The first-order valence-corrected chi connectivity index (χ1v) is 11.7. The molecule has 0 amide bonds. The van der Waals surface area contributed by atoms with Gasteiger partial charge in [-0.15, -0.1) is 0 Å². The lowest BCUT2D eigenvalue weighted by molar-refractivity contribution is -0.0493. The van der Waals surface area contributed by atoms with Crippen LogP contribution in [0.1, 0.15) is 84.0 Å². The molecule has 5 rings (SSSR count). The molecule has 0 aromatic carbocycles. The first-order valence-electron chi connectivity index (χ1n) is 11.7. The lowest BCUT2D eigenvalue weighted by Gasteiger charge is -2.57. The maximum absolute atomic E-state index is 9.38. The smallest absolute Gasteiger partial charge is 0.0795 e. The molecular formula is C24H37NO2. The minimum absolute atomic E-state index is 0.362. The van der Waals surface area contributed by atoms with Gasteiger partial charge in [0.05, 0.1) is 5.71 Å². The Labute approximate surface area is 164 Å². The molecule has 6 atom stereocenters. The highest BCUT2D eigenvalue weighted by atomic mass is 16.4. The molecule has 2 N–H and O–H groups in total. The summed E-state index contributed by atoms with van der Waals surface area (Å²) in [7, 11) is 0. The molecule has 3 nitrogen and oxygen atoms in total. The van der Waals surface area contributed by atoms with E-state index in [1.807, 2.05) is 0 Å². The van der Waals surface area contributed by atoms with Crippen molar-refractivity contribution < 1.29 is 10.3 Å². The zero-order chi connectivity index (χ0) is 18.6. The molecule has 150 valence electrons. The molecule has 4 saturated carbocycles. The van der Waals surface area contributed by atoms with Crippen LogP contribution in [0.5, 0.6) is 0 Å². The second-order valence-corrected chi connectivity index (χ2v) is 10.5. The monoisotopic (exact) mass is 371 g/mol. The Kier molecular flexibility index (Phi) is 4.46. The molecule has 0 bridgehead atoms. The van der Waals surface area contributed by atoms with E-state index >= 15 is 0 Å². The van der Waals surface area contributed by atoms with E-state index in [1.54, 1.807) is 5.57 Å². The van der Waals surface area contributed by atoms with Gasteiger partial charge in [0, 0.05) is 6.61 Å². The number of hydrogen-bond acceptors (Lipinski definition) is 3. The van der Waals surface area contributed by atoms with Crippen molar-refractivity contribution in [3.63, 3.8) is 0 Å². The summed E-state index contributed by atoms with van der Waals surface area (Å²) in [5.74, 6) is 4.35. The van der Waals surface area contributed by atoms with E-state index in [9.17, 15) is 10.3 Å². The second kappa shape index (κ2) is 6.61. The van der Waals surface area contributed by atoms with Gasteiger partial charge in [-0.05, 0) is 124 Å². The molecule has 27 heavy (non-hydrogen) atoms. The van der Waals surface area contributed by atoms with Crippen LogP contribution in [0.3, 0.4) is 0 Å². The largest absolute Gasteiger partial charge is 0.411 e. The van der Waals surface area contributed by atoms with Gasteiger partial charge in [-0.3, -0.25) is 0 Å². The Morgan fingerprint density at radius 2 is 1.96 bits per heavy atom. The Morgan fingerprint density at radius 3 is 2.67 bits per heavy atom. The fourth-order valence-electron chi connectivity index (χ4n) is 8.63. The van der Waals surface area contributed by atoms with Gasteiger partial charge in [0.1, 0.15) is 0 Å². The molecule has 0 radical (unpaired) electrons. The van der Waals surface area contributed by atoms with Gasteiger partial charge in [0.2, 0.25) is 0 Å². The van der Waals surface area contributed by atoms with Crippen molar-refractivity contribution >= 4 is 5.71 Å². The van der Waals surface area contributed by atoms with Crippen molar-refractivity contribution in [2.24, 2.45) is 45.6 Å². The van der Waals surface area contributed by atoms with E-state index in [-0.39, 0.29) is 0 Å². The standard InChI is InChI=1S/C24H37NO2/c1-2-24-10-9-18-19-7-6-17(25-27)14-22(19)23(11-12-23)15-20(18)21(24)8-5-16(24)4-3-13-26/h14,16,18-21,26-27H,2-13,15H2,1H3/b25-17+/t16-,18?,19?,20?,21?,24?/m1/s1. The highest BCUT2D eigenvalue weighted by Crippen LogP contribution is 2.72. The van der Waals surface area contributed by atoms with Gasteiger partial charge in [0.25, 0.3) is 0 Å². The third-order valence-corrected chi connectivity index (χ3v) is 9.93. The molecule has 5 unspecified atom stereocenters. The Morgan fingerprint density at radius 1 is 1.11 bits per heavy atom. The minimum atomic E-state index is 0.362. The van der Waals surface area contributed by atoms with E-state index in [4.69, 9.17) is 0 Å². The van der Waals surface area contributed by atoms with Crippen LogP contribution in [-0.4, -0.2) is 22.6 Å². The van der Waals surface area contributed by atoms with Crippen molar-refractivity contribution in [2.75, 3.05) is 6.61 Å². The van der Waals surface area contributed by atoms with Gasteiger partial charge in [0.15, 0.2) is 0 Å². The Bertz CT molecular complexity index is 649. The van der Waals surface area contributed by atoms with Crippen molar-refractivity contribution in [3.05, 3.63) is 11.6 Å². The number of fused-ring (bicyclic) bond motifs is 6. The number of aliphatic hydroxyl groups excluding tert-OH is 1. The quantitative estimate of drug-likeness (QED) is 0.502. The van der Waals surface area contributed by atoms with E-state index in [0.29, 0.717) is 17.4 Å². The maximum Gasteiger partial charge on any atom is 0.0795 e. The molecule has 4 fully saturated rings. The SMILES string of the molecule is CCC12CCC3C4CC/C(=N\O)C=C4C4(CC4)CC3C1CC[C@H]2CCCO. The maximum atomic E-state index is 9.38. The summed E-state index contributed by atoms with van der Waals surface area (Å²) in [6, 6.07) is 0. The number of rotatable bonds is 4. The first kappa shape index (κ1) is 18.2. The van der Waals surface area contributed by atoms with E-state index in [0.717, 1.165) is 48.1 Å². The molecule has 0 aromatic rings. The summed E-state index contributed by atoms with van der Waals surface area (Å²) in [6.45, 7) is 2.82. The zero-order valence-corrected chi connectivity index (χ0v) is 17.0. The number of nitrogens with zero attached hydrogens (tertiary/aromatic N) is 1. The molecule has 0 saturated heterocycles. The van der Waals surface area contributed by atoms with Crippen molar-refractivity contribution in [2.45, 2.75) is 84.0 Å². The van der Waals surface area contributed by atoms with Crippen LogP contribution in [0, 0.1) is 40.4 Å². The van der Waals surface area contributed by atoms with Crippen LogP contribution >= 0.6 is 0 Å². The fraction of sp³-hybridized carbons (Fsp3) is 0.875. The highest BCUT2D eigenvalue weighted by Gasteiger charge is 2.63. The first-order chi connectivity index (χ1) is 13.2. The topological polar surface area (TPSA) is 52.8 Å². The molecule has 5 aliphatic rings. The molecule has 1 spiro atoms. The van der Waals surface area contributed by atoms with E-state index in [1.165, 1.54) is 64.2 Å². The molecule has 5 aliphatic carbocycles. The lowest BCUT2D eigenvalue weighted by atomic mass is 9.47. The molecule has 0 aliphatic heterocycles. The summed E-state index contributed by atoms with van der Waals surface area (Å²) in [4.78, 5) is 0. The summed E-state index contributed by atoms with van der Waals surface area (Å²) in [5, 5.41) is 22.3. The third-order valence-electron chi connectivity index (χ3n) is 9.93. The van der Waals surface area contributed by atoms with Crippen LogP contribution in [-0.2, 0) is 0 Å². The summed E-state index contributed by atoms with van der Waals surface area (Å²) >= 11 is 0. The van der Waals surface area contributed by atoms with Crippen LogP contribution in [0.15, 0.2) is 16.8 Å². The number of allylic oxidation sites excluding steroid dienone is 2. The van der Waals surface area contributed by atoms with Crippen molar-refractivity contribution in [1.29, 1.82) is 0 Å². The predicted molar refractivity (Wildman–Crippen MR) is 108 cm³/mol. The summed E-state index contributed by atoms with van der Waals surface area (Å²) in [5.41, 5.74) is 3.65. The van der Waals surface area contributed by atoms with Crippen LogP contribution in [0.25, 0.3) is 0 Å². The molecule has 0 aromatic heterocycles. The average Bonchev–Trinajstić information content (AvgIpc) is 3.38. The number of oxime groups is 1. The molecule has 0 heterocycles. The van der Waals surface area contributed by atoms with Crippen molar-refractivity contribution in [1.82, 2.24) is 0 Å². The van der Waals surface area contributed by atoms with E-state index < -0.39 is 0 Å². The number of aliphatic hydroxyl groups is 1. The van der Waals surface area contributed by atoms with Gasteiger partial charge < -0.3 is 10.3 Å². The van der Waals surface area contributed by atoms with Crippen LogP contribution < -0.4 is 0 Å². The van der Waals surface area contributed by atoms with Crippen molar-refractivity contribution in [3.8, 4) is 0 Å². The van der Waals surface area contributed by atoms with E-state index in [2.05, 4.69) is 18.2 Å². The highest BCUT2D eigenvalue weighted by molar-refractivity contribution is 5.96. The molecular weight excluding hydrogens is 334 g/mol. The second-order valence-electron chi connectivity index (χ2n) is 10.5. The van der Waals surface area contributed by atoms with Gasteiger partial charge >= 0.3 is 0 Å². The Hall–Kier alpha value is -0.830. The lowest BCUT2D eigenvalue weighted by Crippen LogP contribution is -2.49. The van der Waals surface area contributed by atoms with Crippen LogP contribution in [0.4, 0.5) is 0 Å². The Balaban J connectivity index is 1.46. The summed E-state index contributed by atoms with van der Waals surface area (Å²) in [6.07, 6.45) is 17.9. The van der Waals surface area contributed by atoms with Gasteiger partial charge in [-0.2, -0.15) is 0 Å². The normalized spacial score (nSPS) is 45.9. The minimum Gasteiger partial charge on any atom is -0.411 e. The zero-order valence-electron chi connectivity index (χ0n) is 17.0. The van der Waals surface area contributed by atoms with Gasteiger partial charge in [-0.25, -0.2) is 0 Å². The predicted octanol–water partition coefficient (Wildman–Crippen LogP) is 5.56. The third kappa shape index (κ3) is 2.59. The van der Waals surface area contributed by atoms with Gasteiger partial charge in [-0.1, -0.05) is 17.7 Å². The van der Waals surface area contributed by atoms with Crippen LogP contribution in [0.2, 0.25) is 0 Å². The molecule has 3 heteroatoms. The average molecular weight is 372 g/mol.